The molecule has 0 aromatic heterocycles. The van der Waals surface area contributed by atoms with Crippen LogP contribution >= 0.6 is 0 Å². The predicted molar refractivity (Wildman–Crippen MR) is 104 cm³/mol. The number of nitrogens with zero attached hydrogens (tertiary/aromatic N) is 2. The molecule has 0 bridgehead atoms. The standard InChI is InChI=1S/C22H24N2O2/c1-14-4-7-17(8-5-14)21(25)13-16-6-11-19-20(12-16)24(18-9-10-18)15(2)22(26)23(19)3/h4-8,11-12,15,18H,9-10,13H2,1-3H3. The fraction of sp³-hybridized carbons (Fsp3) is 0.364. The summed E-state index contributed by atoms with van der Waals surface area (Å²) in [5.41, 5.74) is 4.91. The second-order valence-electron chi connectivity index (χ2n) is 7.50. The van der Waals surface area contributed by atoms with Crippen LogP contribution in [0.2, 0.25) is 0 Å². The lowest BCUT2D eigenvalue weighted by Gasteiger charge is -2.40. The van der Waals surface area contributed by atoms with Gasteiger partial charge in [0, 0.05) is 25.1 Å². The minimum Gasteiger partial charge on any atom is -0.355 e. The van der Waals surface area contributed by atoms with E-state index in [1.54, 1.807) is 4.90 Å². The van der Waals surface area contributed by atoms with E-state index in [2.05, 4.69) is 11.0 Å². The number of Topliss-reactive ketones (excluding diaryl/α,β-unsaturated/α-hetero) is 1. The first-order chi connectivity index (χ1) is 12.5. The SMILES string of the molecule is Cc1ccc(C(=O)Cc2ccc3c(c2)N(C2CC2)C(C)C(=O)N3C)cc1. The zero-order chi connectivity index (χ0) is 18.4. The van der Waals surface area contributed by atoms with Crippen LogP contribution in [-0.4, -0.2) is 30.8 Å². The Bertz CT molecular complexity index is 868. The highest BCUT2D eigenvalue weighted by atomic mass is 16.2. The van der Waals surface area contributed by atoms with Crippen molar-refractivity contribution < 1.29 is 9.59 Å². The van der Waals surface area contributed by atoms with Crippen molar-refractivity contribution in [3.05, 3.63) is 59.2 Å². The van der Waals surface area contributed by atoms with E-state index in [0.717, 1.165) is 40.9 Å². The van der Waals surface area contributed by atoms with Gasteiger partial charge in [0.1, 0.15) is 6.04 Å². The smallest absolute Gasteiger partial charge is 0.249 e. The van der Waals surface area contributed by atoms with E-state index in [1.165, 1.54) is 0 Å². The van der Waals surface area contributed by atoms with Gasteiger partial charge in [-0.1, -0.05) is 35.9 Å². The summed E-state index contributed by atoms with van der Waals surface area (Å²) in [6.45, 7) is 3.99. The average Bonchev–Trinajstić information content (AvgIpc) is 3.45. The fourth-order valence-electron chi connectivity index (χ4n) is 3.79. The lowest BCUT2D eigenvalue weighted by molar-refractivity contribution is -0.119. The summed E-state index contributed by atoms with van der Waals surface area (Å²) in [5.74, 6) is 0.254. The molecule has 0 saturated heterocycles. The number of amides is 1. The quantitative estimate of drug-likeness (QED) is 0.790. The molecular weight excluding hydrogens is 324 g/mol. The van der Waals surface area contributed by atoms with Crippen molar-refractivity contribution in [1.29, 1.82) is 0 Å². The third-order valence-electron chi connectivity index (χ3n) is 5.46. The van der Waals surface area contributed by atoms with E-state index in [1.807, 2.05) is 57.3 Å². The zero-order valence-corrected chi connectivity index (χ0v) is 15.5. The molecule has 1 amide bonds. The molecule has 0 N–H and O–H groups in total. The molecule has 4 rings (SSSR count). The number of hydrogen-bond acceptors (Lipinski definition) is 3. The van der Waals surface area contributed by atoms with Crippen molar-refractivity contribution >= 4 is 23.1 Å². The third-order valence-corrected chi connectivity index (χ3v) is 5.46. The summed E-state index contributed by atoms with van der Waals surface area (Å²) in [6, 6.07) is 14.1. The fourth-order valence-corrected chi connectivity index (χ4v) is 3.79. The topological polar surface area (TPSA) is 40.6 Å². The van der Waals surface area contributed by atoms with E-state index in [-0.39, 0.29) is 17.7 Å². The first-order valence-electron chi connectivity index (χ1n) is 9.24. The van der Waals surface area contributed by atoms with Gasteiger partial charge in [-0.05, 0) is 44.4 Å². The van der Waals surface area contributed by atoms with Crippen molar-refractivity contribution in [3.63, 3.8) is 0 Å². The lowest BCUT2D eigenvalue weighted by Crippen LogP contribution is -2.51. The molecule has 1 aliphatic heterocycles. The van der Waals surface area contributed by atoms with Crippen molar-refractivity contribution in [3.8, 4) is 0 Å². The maximum absolute atomic E-state index is 12.6. The molecule has 0 radical (unpaired) electrons. The first-order valence-corrected chi connectivity index (χ1v) is 9.24. The molecule has 1 heterocycles. The van der Waals surface area contributed by atoms with E-state index in [9.17, 15) is 9.59 Å². The van der Waals surface area contributed by atoms with Gasteiger partial charge in [0.25, 0.3) is 0 Å². The molecule has 2 aliphatic rings. The monoisotopic (exact) mass is 348 g/mol. The number of carbonyl (C=O) groups excluding carboxylic acids is 2. The highest BCUT2D eigenvalue weighted by molar-refractivity contribution is 6.05. The van der Waals surface area contributed by atoms with Crippen LogP contribution in [0.15, 0.2) is 42.5 Å². The van der Waals surface area contributed by atoms with Crippen LogP contribution in [0.5, 0.6) is 0 Å². The van der Waals surface area contributed by atoms with Gasteiger partial charge in [0.15, 0.2) is 5.78 Å². The maximum Gasteiger partial charge on any atom is 0.249 e. The van der Waals surface area contributed by atoms with Gasteiger partial charge < -0.3 is 9.80 Å². The van der Waals surface area contributed by atoms with Crippen LogP contribution in [-0.2, 0) is 11.2 Å². The normalized spacial score (nSPS) is 19.5. The number of rotatable bonds is 4. The summed E-state index contributed by atoms with van der Waals surface area (Å²) in [7, 11) is 1.83. The van der Waals surface area contributed by atoms with Crippen LogP contribution in [0, 0.1) is 6.92 Å². The number of benzene rings is 2. The molecule has 134 valence electrons. The van der Waals surface area contributed by atoms with Crippen LogP contribution in [0.3, 0.4) is 0 Å². The highest BCUT2D eigenvalue weighted by Gasteiger charge is 2.41. The second-order valence-corrected chi connectivity index (χ2v) is 7.50. The summed E-state index contributed by atoms with van der Waals surface area (Å²) in [6.07, 6.45) is 2.64. The number of ketones is 1. The highest BCUT2D eigenvalue weighted by Crippen LogP contribution is 2.42. The summed E-state index contributed by atoms with van der Waals surface area (Å²) < 4.78 is 0. The van der Waals surface area contributed by atoms with Crippen molar-refractivity contribution in [1.82, 2.24) is 0 Å². The summed E-state index contributed by atoms with van der Waals surface area (Å²) >= 11 is 0. The lowest BCUT2D eigenvalue weighted by atomic mass is 9.99. The molecule has 1 saturated carbocycles. The van der Waals surface area contributed by atoms with Crippen LogP contribution in [0.1, 0.15) is 41.3 Å². The van der Waals surface area contributed by atoms with Gasteiger partial charge in [-0.3, -0.25) is 9.59 Å². The van der Waals surface area contributed by atoms with Crippen molar-refractivity contribution in [2.75, 3.05) is 16.8 Å². The van der Waals surface area contributed by atoms with Gasteiger partial charge in [-0.25, -0.2) is 0 Å². The number of likely N-dealkylation sites (N-methyl/N-ethyl adjacent to an activating group) is 1. The van der Waals surface area contributed by atoms with Gasteiger partial charge in [0.05, 0.1) is 11.4 Å². The molecule has 1 unspecified atom stereocenters. The van der Waals surface area contributed by atoms with Crippen molar-refractivity contribution in [2.24, 2.45) is 0 Å². The third kappa shape index (κ3) is 2.90. The van der Waals surface area contributed by atoms with Gasteiger partial charge in [0.2, 0.25) is 5.91 Å². The minimum atomic E-state index is -0.150. The number of fused-ring (bicyclic) bond motifs is 1. The molecule has 4 heteroatoms. The second kappa shape index (κ2) is 6.27. The Hall–Kier alpha value is -2.62. The molecule has 1 aliphatic carbocycles. The van der Waals surface area contributed by atoms with Gasteiger partial charge in [-0.2, -0.15) is 0 Å². The average molecular weight is 348 g/mol. The molecule has 0 spiro atoms. The number of hydrogen-bond donors (Lipinski definition) is 0. The minimum absolute atomic E-state index is 0.121. The molecule has 2 aromatic carbocycles. The first kappa shape index (κ1) is 16.8. The largest absolute Gasteiger partial charge is 0.355 e. The molecule has 2 aromatic rings. The Morgan fingerprint density at radius 2 is 1.77 bits per heavy atom. The van der Waals surface area contributed by atoms with Crippen LogP contribution in [0.25, 0.3) is 0 Å². The Balaban J connectivity index is 1.64. The molecule has 4 nitrogen and oxygen atoms in total. The Kier molecular flexibility index (Phi) is 4.06. The van der Waals surface area contributed by atoms with Crippen molar-refractivity contribution in [2.45, 2.75) is 45.2 Å². The summed E-state index contributed by atoms with van der Waals surface area (Å²) in [5, 5.41) is 0. The maximum atomic E-state index is 12.6. The Labute approximate surface area is 154 Å². The molecule has 1 fully saturated rings. The molecule has 1 atom stereocenters. The Morgan fingerprint density at radius 1 is 1.08 bits per heavy atom. The summed E-state index contributed by atoms with van der Waals surface area (Å²) in [4.78, 5) is 29.1. The van der Waals surface area contributed by atoms with Crippen LogP contribution < -0.4 is 9.80 Å². The predicted octanol–water partition coefficient (Wildman–Crippen LogP) is 3.75. The van der Waals surface area contributed by atoms with E-state index in [4.69, 9.17) is 0 Å². The van der Waals surface area contributed by atoms with Gasteiger partial charge >= 0.3 is 0 Å². The van der Waals surface area contributed by atoms with E-state index in [0.29, 0.717) is 12.5 Å². The number of aryl methyl sites for hydroxylation is 1. The zero-order valence-electron chi connectivity index (χ0n) is 15.5. The van der Waals surface area contributed by atoms with Crippen LogP contribution in [0.4, 0.5) is 11.4 Å². The van der Waals surface area contributed by atoms with E-state index < -0.39 is 0 Å². The van der Waals surface area contributed by atoms with Gasteiger partial charge in [-0.15, -0.1) is 0 Å². The Morgan fingerprint density at radius 3 is 2.42 bits per heavy atom. The number of anilines is 2. The molecule has 26 heavy (non-hydrogen) atoms. The number of carbonyl (C=O) groups is 2. The van der Waals surface area contributed by atoms with E-state index >= 15 is 0 Å². The molecular formula is C22H24N2O2.